The Labute approximate surface area is 399 Å². The summed E-state index contributed by atoms with van der Waals surface area (Å²) in [6.45, 7) is 8.30. The zero-order valence-corrected chi connectivity index (χ0v) is 39.1. The molecule has 0 aliphatic carbocycles. The number of amides is 4. The molecule has 2 atom stereocenters. The lowest BCUT2D eigenvalue weighted by Crippen LogP contribution is -2.52. The van der Waals surface area contributed by atoms with Crippen LogP contribution in [0.5, 0.6) is 11.5 Å². The molecule has 6 heterocycles. The number of anilines is 2. The van der Waals surface area contributed by atoms with Gasteiger partial charge in [-0.1, -0.05) is 43.9 Å². The van der Waals surface area contributed by atoms with Crippen LogP contribution in [0, 0.1) is 0 Å². The number of nitrogens with two attached hydrogens (primary N) is 1. The largest absolute Gasteiger partial charge is 0.507 e. The average Bonchev–Trinajstić information content (AvgIpc) is 3.68. The number of para-hydroxylation sites is 1. The minimum atomic E-state index is -0.616. The molecule has 4 amide bonds. The Bertz CT molecular complexity index is 2360. The number of allylic oxidation sites excluding steroid dienone is 1. The number of carbonyl (C=O) groups is 4. The van der Waals surface area contributed by atoms with Gasteiger partial charge in [-0.2, -0.15) is 0 Å². The molecule has 6 aliphatic heterocycles. The minimum Gasteiger partial charge on any atom is -0.507 e. The lowest BCUT2D eigenvalue weighted by atomic mass is 10.0. The smallest absolute Gasteiger partial charge is 0.255 e. The topological polar surface area (TPSA) is 185 Å². The average molecular weight is 930 g/mol. The van der Waals surface area contributed by atoms with E-state index in [1.54, 1.807) is 17.0 Å². The first-order valence-electron chi connectivity index (χ1n) is 24.9. The number of nitrogens with zero attached hydrogens (tertiary/aromatic N) is 5. The number of carbonyl (C=O) groups excluding carboxylic acids is 4. The molecule has 4 fully saturated rings. The maximum absolute atomic E-state index is 13.2. The molecule has 3 aromatic rings. The van der Waals surface area contributed by atoms with Crippen LogP contribution in [-0.2, 0) is 25.7 Å². The summed E-state index contributed by atoms with van der Waals surface area (Å²) in [7, 11) is 0. The van der Waals surface area contributed by atoms with Gasteiger partial charge in [0.2, 0.25) is 17.7 Å². The third kappa shape index (κ3) is 11.3. The molecule has 16 nitrogen and oxygen atoms in total. The molecule has 362 valence electrons. The van der Waals surface area contributed by atoms with E-state index >= 15 is 0 Å². The number of benzene rings is 3. The second kappa shape index (κ2) is 21.7. The second-order valence-electron chi connectivity index (χ2n) is 19.1. The molecule has 4 saturated heterocycles. The van der Waals surface area contributed by atoms with Gasteiger partial charge in [0.05, 0.1) is 12.2 Å². The number of piperidine rings is 3. The molecule has 0 radical (unpaired) electrons. The van der Waals surface area contributed by atoms with Gasteiger partial charge in [-0.3, -0.25) is 35.3 Å². The van der Waals surface area contributed by atoms with E-state index in [0.29, 0.717) is 53.5 Å². The van der Waals surface area contributed by atoms with Crippen molar-refractivity contribution < 1.29 is 33.8 Å². The highest BCUT2D eigenvalue weighted by atomic mass is 16.5. The van der Waals surface area contributed by atoms with Crippen molar-refractivity contribution in [1.82, 2.24) is 30.9 Å². The number of aromatic hydroxyl groups is 1. The Morgan fingerprint density at radius 1 is 0.735 bits per heavy atom. The van der Waals surface area contributed by atoms with Gasteiger partial charge in [-0.25, -0.2) is 0 Å². The van der Waals surface area contributed by atoms with E-state index in [0.717, 1.165) is 115 Å². The number of ether oxygens (including phenoxy) is 2. The van der Waals surface area contributed by atoms with E-state index in [-0.39, 0.29) is 42.1 Å². The summed E-state index contributed by atoms with van der Waals surface area (Å²) in [4.78, 5) is 61.2. The summed E-state index contributed by atoms with van der Waals surface area (Å²) >= 11 is 0. The number of phenols is 1. The van der Waals surface area contributed by atoms with Gasteiger partial charge < -0.3 is 44.8 Å². The minimum absolute atomic E-state index is 0.0371. The molecule has 0 spiro atoms. The highest BCUT2D eigenvalue weighted by molar-refractivity contribution is 6.05. The van der Waals surface area contributed by atoms with E-state index in [4.69, 9.17) is 15.2 Å². The maximum atomic E-state index is 13.2. The Balaban J connectivity index is 0.612. The highest BCUT2D eigenvalue weighted by Crippen LogP contribution is 2.33. The molecule has 0 bridgehead atoms. The van der Waals surface area contributed by atoms with E-state index in [1.165, 1.54) is 24.9 Å². The van der Waals surface area contributed by atoms with Crippen molar-refractivity contribution in [2.45, 2.75) is 108 Å². The number of hydrogen-bond donors (Lipinski definition) is 5. The summed E-state index contributed by atoms with van der Waals surface area (Å²) < 4.78 is 12.8. The van der Waals surface area contributed by atoms with Crippen molar-refractivity contribution in [1.29, 1.82) is 0 Å². The molecule has 2 unspecified atom stereocenters. The van der Waals surface area contributed by atoms with Gasteiger partial charge in [-0.05, 0) is 106 Å². The van der Waals surface area contributed by atoms with Crippen molar-refractivity contribution >= 4 is 40.7 Å². The van der Waals surface area contributed by atoms with Crippen molar-refractivity contribution in [3.05, 3.63) is 101 Å². The number of phenolic OH excluding ortho intramolecular Hbond substituents is 1. The number of hydrazine groups is 1. The van der Waals surface area contributed by atoms with Crippen LogP contribution in [0.1, 0.15) is 105 Å². The third-order valence-corrected chi connectivity index (χ3v) is 14.4. The predicted octanol–water partition coefficient (Wildman–Crippen LogP) is 5.34. The van der Waals surface area contributed by atoms with Crippen LogP contribution in [0.4, 0.5) is 11.4 Å². The molecule has 6 aliphatic rings. The number of piperazine rings is 1. The van der Waals surface area contributed by atoms with Crippen LogP contribution >= 0.6 is 0 Å². The Morgan fingerprint density at radius 2 is 1.47 bits per heavy atom. The fourth-order valence-electron chi connectivity index (χ4n) is 10.4. The first kappa shape index (κ1) is 46.7. The predicted molar refractivity (Wildman–Crippen MR) is 260 cm³/mol. The number of imide groups is 1. The normalized spacial score (nSPS) is 21.5. The number of nitrogens with one attached hydrogen (secondary N) is 3. The quantitative estimate of drug-likeness (QED) is 0.0865. The Morgan fingerprint density at radius 3 is 2.24 bits per heavy atom. The number of likely N-dealkylation sites (tertiary alicyclic amines) is 1. The molecule has 68 heavy (non-hydrogen) atoms. The molecule has 9 rings (SSSR count). The van der Waals surface area contributed by atoms with Crippen molar-refractivity contribution in [2.24, 2.45) is 5.73 Å². The standard InChI is InChI=1S/C52H67N9O7/c53-50-47(33-44(55-56-50)42-11-6-7-12-46(42)62)68-41-10-9-25-60(35-41)38-17-15-37(16-18-38)58-28-30-59(31-29-58)49(64)13-5-3-1-2-4-8-24-57-26-22-39(23-27-57)67-40-19-14-36-34-61(52(66)43(36)32-40)45-20-21-48(63)54-51(45)65/h6-7,11-12,14-19,32-33,39,41,45,55-56,62H,1-5,8-10,13,20-31,34-35,53H2,(H,54,63,65). The Kier molecular flexibility index (Phi) is 14.9. The van der Waals surface area contributed by atoms with Crippen LogP contribution in [0.2, 0.25) is 0 Å². The van der Waals surface area contributed by atoms with Crippen molar-refractivity contribution in [2.75, 3.05) is 68.7 Å². The van der Waals surface area contributed by atoms with Crippen LogP contribution in [-0.4, -0.2) is 121 Å². The number of unbranched alkanes of at least 4 members (excludes halogenated alkanes) is 5. The maximum Gasteiger partial charge on any atom is 0.255 e. The van der Waals surface area contributed by atoms with Crippen LogP contribution < -0.4 is 36.4 Å². The molecule has 16 heteroatoms. The first-order valence-corrected chi connectivity index (χ1v) is 24.9. The summed E-state index contributed by atoms with van der Waals surface area (Å²) in [6.07, 6.45) is 13.7. The Hall–Kier alpha value is -6.42. The zero-order valence-electron chi connectivity index (χ0n) is 39.1. The number of rotatable bonds is 17. The van der Waals surface area contributed by atoms with Gasteiger partial charge in [0, 0.05) is 93.8 Å². The SMILES string of the molecule is NC1=C(OC2CCCN(c3ccc(N4CCN(C(=O)CCCCCCCCN5CCC(Oc6ccc7c(c6)C(=O)N(C6CCC(=O)NC6=O)C7)CC5)CC4)cc3)C2)C=C(c2ccccc2O)NN1. The lowest BCUT2D eigenvalue weighted by Gasteiger charge is -2.37. The highest BCUT2D eigenvalue weighted by Gasteiger charge is 2.39. The monoisotopic (exact) mass is 930 g/mol. The van der Waals surface area contributed by atoms with Crippen LogP contribution in [0.25, 0.3) is 5.70 Å². The van der Waals surface area contributed by atoms with Crippen LogP contribution in [0.15, 0.2) is 84.4 Å². The fraction of sp³-hybridized carbons (Fsp3) is 0.500. The van der Waals surface area contributed by atoms with Gasteiger partial charge in [0.1, 0.15) is 29.7 Å². The summed E-state index contributed by atoms with van der Waals surface area (Å²) in [5.41, 5.74) is 17.4. The van der Waals surface area contributed by atoms with Gasteiger partial charge in [-0.15, -0.1) is 0 Å². The molecule has 0 saturated carbocycles. The lowest BCUT2D eigenvalue weighted by molar-refractivity contribution is -0.137. The first-order chi connectivity index (χ1) is 33.1. The van der Waals surface area contributed by atoms with Crippen molar-refractivity contribution in [3.63, 3.8) is 0 Å². The van der Waals surface area contributed by atoms with Gasteiger partial charge in [0.25, 0.3) is 5.91 Å². The van der Waals surface area contributed by atoms with E-state index in [9.17, 15) is 24.3 Å². The number of hydrogen-bond acceptors (Lipinski definition) is 13. The third-order valence-electron chi connectivity index (χ3n) is 14.4. The van der Waals surface area contributed by atoms with Gasteiger partial charge >= 0.3 is 0 Å². The van der Waals surface area contributed by atoms with E-state index < -0.39 is 11.9 Å². The second-order valence-corrected chi connectivity index (χ2v) is 19.1. The van der Waals surface area contributed by atoms with Crippen molar-refractivity contribution in [3.8, 4) is 11.5 Å². The summed E-state index contributed by atoms with van der Waals surface area (Å²) in [5.74, 6) is 1.24. The fourth-order valence-corrected chi connectivity index (χ4v) is 10.4. The number of fused-ring (bicyclic) bond motifs is 1. The zero-order chi connectivity index (χ0) is 47.0. The molecular weight excluding hydrogens is 863 g/mol. The van der Waals surface area contributed by atoms with Crippen LogP contribution in [0.3, 0.4) is 0 Å². The molecular formula is C52H67N9O7. The van der Waals surface area contributed by atoms with Gasteiger partial charge in [0.15, 0.2) is 11.6 Å². The molecule has 0 aromatic heterocycles. The molecule has 3 aromatic carbocycles. The summed E-state index contributed by atoms with van der Waals surface area (Å²) in [6, 6.07) is 21.0. The summed E-state index contributed by atoms with van der Waals surface area (Å²) in [5, 5.41) is 12.7. The van der Waals surface area contributed by atoms with E-state index in [2.05, 4.69) is 55.1 Å². The van der Waals surface area contributed by atoms with E-state index in [1.807, 2.05) is 41.3 Å². The molecule has 6 N–H and O–H groups in total.